The molecule has 3 rings (SSSR count). The highest BCUT2D eigenvalue weighted by Gasteiger charge is 2.13. The maximum absolute atomic E-state index is 11.6. The van der Waals surface area contributed by atoms with Crippen molar-refractivity contribution in [2.45, 2.75) is 6.42 Å². The zero-order valence-corrected chi connectivity index (χ0v) is 13.1. The Morgan fingerprint density at radius 1 is 1.12 bits per heavy atom. The molecule has 0 aliphatic heterocycles. The van der Waals surface area contributed by atoms with Crippen molar-refractivity contribution in [3.63, 3.8) is 0 Å². The second-order valence-corrected chi connectivity index (χ2v) is 5.34. The molecule has 0 aliphatic carbocycles. The Bertz CT molecular complexity index is 1020. The van der Waals surface area contributed by atoms with Gasteiger partial charge in [0.2, 0.25) is 5.91 Å². The van der Waals surface area contributed by atoms with Gasteiger partial charge in [-0.25, -0.2) is 9.78 Å². The van der Waals surface area contributed by atoms with Crippen LogP contribution >= 0.6 is 0 Å². The summed E-state index contributed by atoms with van der Waals surface area (Å²) in [5.41, 5.74) is 2.43. The first-order valence-corrected chi connectivity index (χ1v) is 7.49. The van der Waals surface area contributed by atoms with Gasteiger partial charge in [-0.1, -0.05) is 30.3 Å². The van der Waals surface area contributed by atoms with Crippen molar-refractivity contribution in [2.75, 3.05) is 5.32 Å². The van der Waals surface area contributed by atoms with Crippen LogP contribution in [0, 0.1) is 11.3 Å². The molecule has 1 heterocycles. The monoisotopic (exact) mass is 331 g/mol. The number of nitriles is 1. The Labute approximate surface area is 143 Å². The van der Waals surface area contributed by atoms with Crippen molar-refractivity contribution in [3.8, 4) is 17.3 Å². The van der Waals surface area contributed by atoms with Gasteiger partial charge in [0.1, 0.15) is 6.42 Å². The molecule has 0 fully saturated rings. The smallest absolute Gasteiger partial charge is 0.336 e. The van der Waals surface area contributed by atoms with E-state index in [9.17, 15) is 14.7 Å². The predicted octanol–water partition coefficient (Wildman–Crippen LogP) is 3.45. The molecule has 0 aliphatic rings. The number of nitrogens with one attached hydrogen (secondary N) is 1. The number of aromatic carboxylic acids is 1. The molecule has 0 bridgehead atoms. The third-order valence-corrected chi connectivity index (χ3v) is 3.63. The molecule has 0 radical (unpaired) electrons. The van der Waals surface area contributed by atoms with Gasteiger partial charge in [-0.3, -0.25) is 4.79 Å². The molecule has 2 aromatic carbocycles. The van der Waals surface area contributed by atoms with Crippen molar-refractivity contribution >= 4 is 28.5 Å². The maximum atomic E-state index is 11.6. The average molecular weight is 331 g/mol. The topological polar surface area (TPSA) is 103 Å². The number of aromatic nitrogens is 1. The summed E-state index contributed by atoms with van der Waals surface area (Å²) in [5.74, 6) is -1.43. The summed E-state index contributed by atoms with van der Waals surface area (Å²) < 4.78 is 0. The quantitative estimate of drug-likeness (QED) is 0.762. The van der Waals surface area contributed by atoms with E-state index in [1.807, 2.05) is 0 Å². The van der Waals surface area contributed by atoms with Crippen molar-refractivity contribution in [1.29, 1.82) is 5.26 Å². The number of carboxylic acids is 1. The minimum atomic E-state index is -1.03. The molecule has 0 spiro atoms. The molecule has 0 saturated heterocycles. The van der Waals surface area contributed by atoms with E-state index in [1.165, 1.54) is 6.07 Å². The summed E-state index contributed by atoms with van der Waals surface area (Å²) in [6.45, 7) is 0. The number of anilines is 1. The van der Waals surface area contributed by atoms with Gasteiger partial charge in [0.25, 0.3) is 0 Å². The van der Waals surface area contributed by atoms with E-state index in [0.717, 1.165) is 0 Å². The van der Waals surface area contributed by atoms with Gasteiger partial charge in [-0.15, -0.1) is 0 Å². The minimum Gasteiger partial charge on any atom is -0.478 e. The minimum absolute atomic E-state index is 0.166. The fraction of sp³-hybridized carbons (Fsp3) is 0.0526. The highest BCUT2D eigenvalue weighted by molar-refractivity contribution is 6.03. The van der Waals surface area contributed by atoms with Gasteiger partial charge in [0.05, 0.1) is 22.8 Å². The normalized spacial score (nSPS) is 10.2. The van der Waals surface area contributed by atoms with Crippen molar-refractivity contribution < 1.29 is 14.7 Å². The Balaban J connectivity index is 2.06. The molecule has 1 amide bonds. The molecule has 6 nitrogen and oxygen atoms in total. The number of pyridine rings is 1. The Kier molecular flexibility index (Phi) is 4.40. The van der Waals surface area contributed by atoms with Crippen LogP contribution in [0.25, 0.3) is 22.2 Å². The first-order chi connectivity index (χ1) is 12.1. The molecule has 0 atom stereocenters. The Morgan fingerprint density at radius 3 is 2.68 bits per heavy atom. The lowest BCUT2D eigenvalue weighted by molar-refractivity contribution is -0.115. The number of carbonyl (C=O) groups excluding carboxylic acids is 1. The molecular weight excluding hydrogens is 318 g/mol. The summed E-state index contributed by atoms with van der Waals surface area (Å²) in [6.07, 6.45) is -0.235. The van der Waals surface area contributed by atoms with Crippen LogP contribution in [-0.2, 0) is 4.79 Å². The SMILES string of the molecule is N#CCC(=O)Nc1cccc(-c2cc(C(=O)O)c3ccccc3n2)c1. The van der Waals surface area contributed by atoms with E-state index in [0.29, 0.717) is 27.8 Å². The van der Waals surface area contributed by atoms with Gasteiger partial charge in [-0.2, -0.15) is 5.26 Å². The van der Waals surface area contributed by atoms with Crippen molar-refractivity contribution in [3.05, 3.63) is 60.2 Å². The van der Waals surface area contributed by atoms with Gasteiger partial charge in [-0.05, 0) is 24.3 Å². The number of fused-ring (bicyclic) bond motifs is 1. The average Bonchev–Trinajstić information content (AvgIpc) is 2.61. The molecule has 0 saturated carbocycles. The second kappa shape index (κ2) is 6.81. The predicted molar refractivity (Wildman–Crippen MR) is 93.0 cm³/mol. The Morgan fingerprint density at radius 2 is 1.92 bits per heavy atom. The maximum Gasteiger partial charge on any atom is 0.336 e. The fourth-order valence-corrected chi connectivity index (χ4v) is 2.53. The first-order valence-electron chi connectivity index (χ1n) is 7.49. The summed E-state index contributed by atoms with van der Waals surface area (Å²) >= 11 is 0. The van der Waals surface area contributed by atoms with Crippen LogP contribution < -0.4 is 5.32 Å². The van der Waals surface area contributed by atoms with Crippen molar-refractivity contribution in [2.24, 2.45) is 0 Å². The lowest BCUT2D eigenvalue weighted by Gasteiger charge is -2.09. The van der Waals surface area contributed by atoms with Crippen LogP contribution in [0.5, 0.6) is 0 Å². The largest absolute Gasteiger partial charge is 0.478 e. The molecule has 2 N–H and O–H groups in total. The number of amides is 1. The lowest BCUT2D eigenvalue weighted by atomic mass is 10.0. The van der Waals surface area contributed by atoms with Gasteiger partial charge >= 0.3 is 5.97 Å². The first kappa shape index (κ1) is 16.1. The fourth-order valence-electron chi connectivity index (χ4n) is 2.53. The number of carbonyl (C=O) groups is 2. The zero-order valence-electron chi connectivity index (χ0n) is 13.1. The standard InChI is InChI=1S/C19H13N3O3/c20-9-8-18(23)21-13-5-3-4-12(10-13)17-11-15(19(24)25)14-6-1-2-7-16(14)22-17/h1-7,10-11H,8H2,(H,21,23)(H,24,25). The van der Waals surface area contributed by atoms with Crippen LogP contribution in [0.2, 0.25) is 0 Å². The number of carboxylic acid groups (broad SMARTS) is 1. The number of hydrogen-bond donors (Lipinski definition) is 2. The highest BCUT2D eigenvalue weighted by atomic mass is 16.4. The molecule has 25 heavy (non-hydrogen) atoms. The summed E-state index contributed by atoms with van der Waals surface area (Å²) in [5, 5.41) is 21.2. The second-order valence-electron chi connectivity index (χ2n) is 5.34. The van der Waals surface area contributed by atoms with Crippen LogP contribution in [-0.4, -0.2) is 22.0 Å². The molecule has 0 unspecified atom stereocenters. The molecule has 1 aromatic heterocycles. The third kappa shape index (κ3) is 3.46. The van der Waals surface area contributed by atoms with Crippen LogP contribution in [0.3, 0.4) is 0 Å². The lowest BCUT2D eigenvalue weighted by Crippen LogP contribution is -2.10. The van der Waals surface area contributed by atoms with E-state index in [-0.39, 0.29) is 12.0 Å². The van der Waals surface area contributed by atoms with E-state index in [1.54, 1.807) is 54.6 Å². The van der Waals surface area contributed by atoms with Gasteiger partial charge in [0, 0.05) is 16.6 Å². The van der Waals surface area contributed by atoms with E-state index in [2.05, 4.69) is 10.3 Å². The van der Waals surface area contributed by atoms with Crippen molar-refractivity contribution in [1.82, 2.24) is 4.98 Å². The summed E-state index contributed by atoms with van der Waals surface area (Å²) in [6, 6.07) is 17.2. The molecular formula is C19H13N3O3. The van der Waals surface area contributed by atoms with E-state index >= 15 is 0 Å². The highest BCUT2D eigenvalue weighted by Crippen LogP contribution is 2.26. The number of rotatable bonds is 4. The van der Waals surface area contributed by atoms with Crippen LogP contribution in [0.4, 0.5) is 5.69 Å². The third-order valence-electron chi connectivity index (χ3n) is 3.63. The summed E-state index contributed by atoms with van der Waals surface area (Å²) in [7, 11) is 0. The van der Waals surface area contributed by atoms with Gasteiger partial charge in [0.15, 0.2) is 0 Å². The van der Waals surface area contributed by atoms with Gasteiger partial charge < -0.3 is 10.4 Å². The number of hydrogen-bond acceptors (Lipinski definition) is 4. The van der Waals surface area contributed by atoms with Crippen LogP contribution in [0.1, 0.15) is 16.8 Å². The zero-order chi connectivity index (χ0) is 17.8. The number of nitrogens with zero attached hydrogens (tertiary/aromatic N) is 2. The summed E-state index contributed by atoms with van der Waals surface area (Å²) in [4.78, 5) is 27.6. The molecule has 3 aromatic rings. The molecule has 6 heteroatoms. The van der Waals surface area contributed by atoms with E-state index in [4.69, 9.17) is 5.26 Å². The molecule has 122 valence electrons. The van der Waals surface area contributed by atoms with E-state index < -0.39 is 11.9 Å². The Hall–Kier alpha value is -3.72. The van der Waals surface area contributed by atoms with Crippen LogP contribution in [0.15, 0.2) is 54.6 Å². The number of benzene rings is 2. The number of para-hydroxylation sites is 1.